The Morgan fingerprint density at radius 1 is 1.40 bits per heavy atom. The van der Waals surface area contributed by atoms with Crippen molar-refractivity contribution in [3.63, 3.8) is 0 Å². The Balaban J connectivity index is 1.87. The van der Waals surface area contributed by atoms with Crippen LogP contribution >= 0.6 is 15.9 Å². The van der Waals surface area contributed by atoms with E-state index >= 15 is 0 Å². The quantitative estimate of drug-likeness (QED) is 0.851. The first-order chi connectivity index (χ1) is 7.25. The molecule has 1 aliphatic rings. The van der Waals surface area contributed by atoms with Crippen molar-refractivity contribution in [2.75, 3.05) is 5.32 Å². The van der Waals surface area contributed by atoms with E-state index in [9.17, 15) is 0 Å². The van der Waals surface area contributed by atoms with E-state index in [2.05, 4.69) is 46.4 Å². The minimum atomic E-state index is 0.578. The fourth-order valence-corrected chi connectivity index (χ4v) is 2.53. The van der Waals surface area contributed by atoms with E-state index in [0.29, 0.717) is 6.04 Å². The second-order valence-corrected chi connectivity index (χ2v) is 5.41. The second-order valence-electron chi connectivity index (χ2n) is 4.56. The van der Waals surface area contributed by atoms with Crippen LogP contribution in [0.1, 0.15) is 32.6 Å². The molecule has 0 bridgehead atoms. The van der Waals surface area contributed by atoms with E-state index in [4.69, 9.17) is 0 Å². The highest BCUT2D eigenvalue weighted by Gasteiger charge is 2.19. The molecule has 82 valence electrons. The van der Waals surface area contributed by atoms with Crippen LogP contribution in [0.5, 0.6) is 0 Å². The molecule has 0 aromatic heterocycles. The van der Waals surface area contributed by atoms with Crippen LogP contribution in [0.2, 0.25) is 0 Å². The van der Waals surface area contributed by atoms with Crippen molar-refractivity contribution in [2.24, 2.45) is 5.92 Å². The Labute approximate surface area is 100 Å². The van der Waals surface area contributed by atoms with Crippen LogP contribution in [0.4, 0.5) is 5.69 Å². The molecule has 1 N–H and O–H groups in total. The Kier molecular flexibility index (Phi) is 3.68. The van der Waals surface area contributed by atoms with Crippen molar-refractivity contribution in [2.45, 2.75) is 38.6 Å². The molecule has 1 atom stereocenters. The molecule has 1 aromatic carbocycles. The fourth-order valence-electron chi connectivity index (χ4n) is 2.13. The minimum absolute atomic E-state index is 0.578. The summed E-state index contributed by atoms with van der Waals surface area (Å²) in [6.45, 7) is 2.28. The largest absolute Gasteiger partial charge is 0.382 e. The zero-order chi connectivity index (χ0) is 10.7. The highest BCUT2D eigenvalue weighted by atomic mass is 79.9. The van der Waals surface area contributed by atoms with E-state index in [0.717, 1.165) is 10.4 Å². The zero-order valence-corrected chi connectivity index (χ0v) is 10.8. The summed E-state index contributed by atoms with van der Waals surface area (Å²) in [4.78, 5) is 0. The monoisotopic (exact) mass is 267 g/mol. The maximum Gasteiger partial charge on any atom is 0.0486 e. The van der Waals surface area contributed by atoms with Crippen LogP contribution in [0.15, 0.2) is 28.7 Å². The van der Waals surface area contributed by atoms with Gasteiger partial charge in [0.05, 0.1) is 0 Å². The van der Waals surface area contributed by atoms with Gasteiger partial charge in [-0.2, -0.15) is 0 Å². The average molecular weight is 268 g/mol. The second kappa shape index (κ2) is 5.02. The molecule has 2 rings (SSSR count). The van der Waals surface area contributed by atoms with Gasteiger partial charge in [0.1, 0.15) is 0 Å². The van der Waals surface area contributed by atoms with Gasteiger partial charge in [-0.3, -0.25) is 0 Å². The standard InChI is InChI=1S/C13H18BrN/c1-10(9-11-5-4-6-11)15-13-8-3-2-7-12(13)14/h2-3,7-8,10-11,15H,4-6,9H2,1H3. The number of rotatable bonds is 4. The van der Waals surface area contributed by atoms with Gasteiger partial charge in [0, 0.05) is 16.2 Å². The maximum absolute atomic E-state index is 3.56. The minimum Gasteiger partial charge on any atom is -0.382 e. The van der Waals surface area contributed by atoms with E-state index in [1.54, 1.807) is 0 Å². The molecule has 0 saturated heterocycles. The smallest absolute Gasteiger partial charge is 0.0486 e. The number of nitrogens with one attached hydrogen (secondary N) is 1. The van der Waals surface area contributed by atoms with Gasteiger partial charge >= 0.3 is 0 Å². The normalized spacial score (nSPS) is 18.3. The van der Waals surface area contributed by atoms with Crippen LogP contribution in [0, 0.1) is 5.92 Å². The Bertz CT molecular complexity index is 320. The summed E-state index contributed by atoms with van der Waals surface area (Å²) in [5, 5.41) is 3.56. The van der Waals surface area contributed by atoms with Gasteiger partial charge in [-0.05, 0) is 47.3 Å². The Morgan fingerprint density at radius 3 is 2.73 bits per heavy atom. The van der Waals surface area contributed by atoms with E-state index in [1.165, 1.54) is 31.4 Å². The molecule has 1 aromatic rings. The molecular weight excluding hydrogens is 250 g/mol. The van der Waals surface area contributed by atoms with Gasteiger partial charge in [0.2, 0.25) is 0 Å². The van der Waals surface area contributed by atoms with Gasteiger partial charge in [0.25, 0.3) is 0 Å². The van der Waals surface area contributed by atoms with Gasteiger partial charge in [0.15, 0.2) is 0 Å². The summed E-state index contributed by atoms with van der Waals surface area (Å²) >= 11 is 3.56. The van der Waals surface area contributed by atoms with E-state index in [-0.39, 0.29) is 0 Å². The SMILES string of the molecule is CC(CC1CCC1)Nc1ccccc1Br. The number of hydrogen-bond acceptors (Lipinski definition) is 1. The third-order valence-electron chi connectivity index (χ3n) is 3.19. The first-order valence-corrected chi connectivity index (χ1v) is 6.56. The molecule has 1 fully saturated rings. The number of anilines is 1. The van der Waals surface area contributed by atoms with Crippen LogP contribution in [0.3, 0.4) is 0 Å². The highest BCUT2D eigenvalue weighted by molar-refractivity contribution is 9.10. The van der Waals surface area contributed by atoms with Crippen molar-refractivity contribution in [1.29, 1.82) is 0 Å². The third-order valence-corrected chi connectivity index (χ3v) is 3.88. The lowest BCUT2D eigenvalue weighted by Crippen LogP contribution is -2.23. The average Bonchev–Trinajstić information content (AvgIpc) is 2.16. The molecular formula is C13H18BrN. The summed E-state index contributed by atoms with van der Waals surface area (Å²) in [6, 6.07) is 8.91. The van der Waals surface area contributed by atoms with Crippen LogP contribution < -0.4 is 5.32 Å². The number of para-hydroxylation sites is 1. The zero-order valence-electron chi connectivity index (χ0n) is 9.17. The lowest BCUT2D eigenvalue weighted by atomic mass is 9.81. The molecule has 1 nitrogen and oxygen atoms in total. The van der Waals surface area contributed by atoms with Crippen molar-refractivity contribution >= 4 is 21.6 Å². The first-order valence-electron chi connectivity index (χ1n) is 5.77. The summed E-state index contributed by atoms with van der Waals surface area (Å²) in [6.07, 6.45) is 5.61. The van der Waals surface area contributed by atoms with Gasteiger partial charge in [-0.1, -0.05) is 31.4 Å². The van der Waals surface area contributed by atoms with E-state index in [1.807, 2.05) is 6.07 Å². The molecule has 0 radical (unpaired) electrons. The topological polar surface area (TPSA) is 12.0 Å². The van der Waals surface area contributed by atoms with Gasteiger partial charge in [-0.25, -0.2) is 0 Å². The predicted octanol–water partition coefficient (Wildman–Crippen LogP) is 4.44. The maximum atomic E-state index is 3.56. The van der Waals surface area contributed by atoms with Crippen molar-refractivity contribution in [3.8, 4) is 0 Å². The third kappa shape index (κ3) is 2.97. The lowest BCUT2D eigenvalue weighted by molar-refractivity contribution is 0.286. The first kappa shape index (κ1) is 11.0. The van der Waals surface area contributed by atoms with Crippen LogP contribution in [-0.4, -0.2) is 6.04 Å². The highest BCUT2D eigenvalue weighted by Crippen LogP contribution is 2.31. The fraction of sp³-hybridized carbons (Fsp3) is 0.538. The summed E-state index contributed by atoms with van der Waals surface area (Å²) in [5.41, 5.74) is 1.21. The molecule has 1 saturated carbocycles. The Hall–Kier alpha value is -0.500. The molecule has 0 aliphatic heterocycles. The van der Waals surface area contributed by atoms with E-state index < -0.39 is 0 Å². The summed E-state index contributed by atoms with van der Waals surface area (Å²) in [5.74, 6) is 0.968. The van der Waals surface area contributed by atoms with Crippen molar-refractivity contribution < 1.29 is 0 Å². The molecule has 1 aliphatic carbocycles. The molecule has 0 spiro atoms. The van der Waals surface area contributed by atoms with Crippen LogP contribution in [-0.2, 0) is 0 Å². The summed E-state index contributed by atoms with van der Waals surface area (Å²) < 4.78 is 1.16. The molecule has 2 heteroatoms. The molecule has 1 unspecified atom stereocenters. The summed E-state index contributed by atoms with van der Waals surface area (Å²) in [7, 11) is 0. The lowest BCUT2D eigenvalue weighted by Gasteiger charge is -2.29. The number of hydrogen-bond donors (Lipinski definition) is 1. The number of halogens is 1. The van der Waals surface area contributed by atoms with Gasteiger partial charge in [-0.15, -0.1) is 0 Å². The van der Waals surface area contributed by atoms with Gasteiger partial charge < -0.3 is 5.32 Å². The Morgan fingerprint density at radius 2 is 2.13 bits per heavy atom. The van der Waals surface area contributed by atoms with Crippen LogP contribution in [0.25, 0.3) is 0 Å². The molecule has 0 heterocycles. The van der Waals surface area contributed by atoms with Crippen molar-refractivity contribution in [3.05, 3.63) is 28.7 Å². The predicted molar refractivity (Wildman–Crippen MR) is 69.2 cm³/mol. The van der Waals surface area contributed by atoms with Crippen molar-refractivity contribution in [1.82, 2.24) is 0 Å². The molecule has 0 amide bonds. The number of benzene rings is 1. The molecule has 15 heavy (non-hydrogen) atoms.